The molecule has 0 amide bonds. The van der Waals surface area contributed by atoms with Gasteiger partial charge in [-0.05, 0) is 14.0 Å². The molecule has 3 nitrogen and oxygen atoms in total. The van der Waals surface area contributed by atoms with E-state index < -0.39 is 6.41 Å². The highest BCUT2D eigenvalue weighted by atomic mass is 16.6. The van der Waals surface area contributed by atoms with E-state index in [0.717, 1.165) is 6.54 Å². The van der Waals surface area contributed by atoms with Crippen LogP contribution in [0.1, 0.15) is 6.92 Å². The van der Waals surface area contributed by atoms with Crippen LogP contribution in [0, 0.1) is 0 Å². The molecule has 0 aromatic rings. The van der Waals surface area contributed by atoms with Crippen molar-refractivity contribution >= 4 is 0 Å². The van der Waals surface area contributed by atoms with Gasteiger partial charge in [0.2, 0.25) is 6.41 Å². The molecule has 2 unspecified atom stereocenters. The smallest absolute Gasteiger partial charge is 0.216 e. The van der Waals surface area contributed by atoms with Gasteiger partial charge in [-0.15, -0.1) is 0 Å². The van der Waals surface area contributed by atoms with E-state index in [9.17, 15) is 0 Å². The van der Waals surface area contributed by atoms with Gasteiger partial charge < -0.3 is 9.84 Å². The maximum absolute atomic E-state index is 8.87. The summed E-state index contributed by atoms with van der Waals surface area (Å²) in [5.74, 6) is 0. The van der Waals surface area contributed by atoms with E-state index in [1.54, 1.807) is 4.90 Å². The number of aliphatic hydroxyl groups is 1. The first-order chi connectivity index (χ1) is 3.70. The van der Waals surface area contributed by atoms with E-state index >= 15 is 0 Å². The van der Waals surface area contributed by atoms with Crippen molar-refractivity contribution < 1.29 is 9.84 Å². The van der Waals surface area contributed by atoms with E-state index in [4.69, 9.17) is 9.84 Å². The van der Waals surface area contributed by atoms with Crippen LogP contribution in [0.25, 0.3) is 0 Å². The normalized spacial score (nSPS) is 40.9. The molecule has 0 aromatic carbocycles. The minimum atomic E-state index is -0.676. The third-order valence-corrected chi connectivity index (χ3v) is 1.28. The van der Waals surface area contributed by atoms with Gasteiger partial charge in [-0.2, -0.15) is 0 Å². The van der Waals surface area contributed by atoms with E-state index in [1.807, 2.05) is 14.0 Å². The van der Waals surface area contributed by atoms with Crippen molar-refractivity contribution in [1.29, 1.82) is 0 Å². The quantitative estimate of drug-likeness (QED) is 0.469. The Morgan fingerprint density at radius 1 is 1.75 bits per heavy atom. The van der Waals surface area contributed by atoms with Gasteiger partial charge in [-0.3, -0.25) is 4.90 Å². The lowest BCUT2D eigenvalue weighted by atomic mass is 10.4. The molecule has 1 heterocycles. The summed E-state index contributed by atoms with van der Waals surface area (Å²) in [5.41, 5.74) is 0. The Labute approximate surface area is 48.9 Å². The highest BCUT2D eigenvalue weighted by Crippen LogP contribution is 2.09. The number of ether oxygens (including phenoxy) is 1. The largest absolute Gasteiger partial charge is 0.356 e. The van der Waals surface area contributed by atoms with Crippen molar-refractivity contribution in [2.45, 2.75) is 19.4 Å². The van der Waals surface area contributed by atoms with Crippen LogP contribution in [0.5, 0.6) is 0 Å². The van der Waals surface area contributed by atoms with Crippen LogP contribution in [-0.4, -0.2) is 36.1 Å². The van der Waals surface area contributed by atoms with Crippen LogP contribution in [0.2, 0.25) is 0 Å². The zero-order valence-electron chi connectivity index (χ0n) is 5.16. The molecule has 1 N–H and O–H groups in total. The van der Waals surface area contributed by atoms with Gasteiger partial charge in [-0.1, -0.05) is 0 Å². The van der Waals surface area contributed by atoms with Gasteiger partial charge in [0.05, 0.1) is 6.10 Å². The van der Waals surface area contributed by atoms with Crippen molar-refractivity contribution in [3.05, 3.63) is 0 Å². The maximum atomic E-state index is 8.87. The molecule has 0 bridgehead atoms. The number of hydrogen-bond acceptors (Lipinski definition) is 3. The number of aliphatic hydroxyl groups excluding tert-OH is 1. The van der Waals surface area contributed by atoms with Crippen LogP contribution >= 0.6 is 0 Å². The summed E-state index contributed by atoms with van der Waals surface area (Å²) in [7, 11) is 1.83. The molecule has 1 aliphatic rings. The molecule has 8 heavy (non-hydrogen) atoms. The van der Waals surface area contributed by atoms with Gasteiger partial charge in [0.1, 0.15) is 0 Å². The lowest BCUT2D eigenvalue weighted by molar-refractivity contribution is -0.139. The molecule has 0 saturated carbocycles. The molecule has 1 rings (SSSR count). The number of hydrogen-bond donors (Lipinski definition) is 1. The SMILES string of the molecule is CC1CN(C)C(O)O1. The predicted octanol–water partition coefficient (Wildman–Crippen LogP) is -0.387. The molecule has 3 heteroatoms. The van der Waals surface area contributed by atoms with Crippen LogP contribution < -0.4 is 0 Å². The fourth-order valence-electron chi connectivity index (χ4n) is 0.850. The standard InChI is InChI=1S/C5H11NO2/c1-4-3-6(2)5(7)8-4/h4-5,7H,3H2,1-2H3. The molecule has 2 atom stereocenters. The van der Waals surface area contributed by atoms with Gasteiger partial charge in [0, 0.05) is 6.54 Å². The van der Waals surface area contributed by atoms with E-state index in [2.05, 4.69) is 0 Å². The second-order valence-electron chi connectivity index (χ2n) is 2.21. The third-order valence-electron chi connectivity index (χ3n) is 1.28. The number of rotatable bonds is 0. The van der Waals surface area contributed by atoms with Gasteiger partial charge in [-0.25, -0.2) is 0 Å². The fraction of sp³-hybridized carbons (Fsp3) is 1.00. The first-order valence-corrected chi connectivity index (χ1v) is 2.74. The third kappa shape index (κ3) is 0.992. The van der Waals surface area contributed by atoms with Crippen molar-refractivity contribution in [3.63, 3.8) is 0 Å². The summed E-state index contributed by atoms with van der Waals surface area (Å²) in [5, 5.41) is 8.87. The van der Waals surface area contributed by atoms with Crippen LogP contribution in [-0.2, 0) is 4.74 Å². The average Bonchev–Trinajstić information content (AvgIpc) is 1.85. The average molecular weight is 117 g/mol. The Morgan fingerprint density at radius 2 is 2.38 bits per heavy atom. The zero-order valence-corrected chi connectivity index (χ0v) is 5.16. The minimum Gasteiger partial charge on any atom is -0.356 e. The zero-order chi connectivity index (χ0) is 6.15. The minimum absolute atomic E-state index is 0.176. The maximum Gasteiger partial charge on any atom is 0.216 e. The van der Waals surface area contributed by atoms with E-state index in [-0.39, 0.29) is 6.10 Å². The Hall–Kier alpha value is -0.120. The molecular formula is C5H11NO2. The Bertz CT molecular complexity index is 76.5. The molecule has 0 aromatic heterocycles. The van der Waals surface area contributed by atoms with Crippen molar-refractivity contribution in [3.8, 4) is 0 Å². The van der Waals surface area contributed by atoms with Gasteiger partial charge in [0.15, 0.2) is 0 Å². The van der Waals surface area contributed by atoms with Gasteiger partial charge in [0.25, 0.3) is 0 Å². The Balaban J connectivity index is 2.39. The highest BCUT2D eigenvalue weighted by molar-refractivity contribution is 4.63. The van der Waals surface area contributed by atoms with Gasteiger partial charge >= 0.3 is 0 Å². The first kappa shape index (κ1) is 6.01. The van der Waals surface area contributed by atoms with Crippen molar-refractivity contribution in [2.24, 2.45) is 0 Å². The summed E-state index contributed by atoms with van der Waals surface area (Å²) in [6.07, 6.45) is -0.500. The Kier molecular flexibility index (Phi) is 1.51. The highest BCUT2D eigenvalue weighted by Gasteiger charge is 2.24. The summed E-state index contributed by atoms with van der Waals surface area (Å²) >= 11 is 0. The van der Waals surface area contributed by atoms with Crippen LogP contribution in [0.3, 0.4) is 0 Å². The second-order valence-corrected chi connectivity index (χ2v) is 2.21. The molecule has 0 radical (unpaired) electrons. The molecule has 1 fully saturated rings. The topological polar surface area (TPSA) is 32.7 Å². The molecule has 1 saturated heterocycles. The van der Waals surface area contributed by atoms with Crippen LogP contribution in [0.4, 0.5) is 0 Å². The van der Waals surface area contributed by atoms with E-state index in [1.165, 1.54) is 0 Å². The summed E-state index contributed by atoms with van der Waals surface area (Å²) in [4.78, 5) is 1.75. The number of likely N-dealkylation sites (N-methyl/N-ethyl adjacent to an activating group) is 1. The first-order valence-electron chi connectivity index (χ1n) is 2.74. The van der Waals surface area contributed by atoms with E-state index in [0.29, 0.717) is 0 Å². The lowest BCUT2D eigenvalue weighted by Gasteiger charge is -2.08. The second kappa shape index (κ2) is 2.01. The number of nitrogens with zero attached hydrogens (tertiary/aromatic N) is 1. The summed E-state index contributed by atoms with van der Waals surface area (Å²) < 4.78 is 4.95. The monoisotopic (exact) mass is 117 g/mol. The summed E-state index contributed by atoms with van der Waals surface area (Å²) in [6, 6.07) is 0. The molecule has 1 aliphatic heterocycles. The van der Waals surface area contributed by atoms with Crippen molar-refractivity contribution in [1.82, 2.24) is 4.90 Å². The lowest BCUT2D eigenvalue weighted by Crippen LogP contribution is -2.24. The Morgan fingerprint density at radius 3 is 2.50 bits per heavy atom. The predicted molar refractivity (Wildman–Crippen MR) is 29.2 cm³/mol. The molecule has 0 spiro atoms. The molecule has 0 aliphatic carbocycles. The van der Waals surface area contributed by atoms with Crippen molar-refractivity contribution in [2.75, 3.05) is 13.6 Å². The fourth-order valence-corrected chi connectivity index (χ4v) is 0.850. The molecule has 48 valence electrons. The van der Waals surface area contributed by atoms with Crippen LogP contribution in [0.15, 0.2) is 0 Å². The summed E-state index contributed by atoms with van der Waals surface area (Å²) in [6.45, 7) is 2.76. The molecular weight excluding hydrogens is 106 g/mol.